The van der Waals surface area contributed by atoms with E-state index < -0.39 is 5.54 Å². The number of nitrogens with zero attached hydrogens (tertiary/aromatic N) is 1. The van der Waals surface area contributed by atoms with Gasteiger partial charge < -0.3 is 5.32 Å². The zero-order valence-electron chi connectivity index (χ0n) is 6.47. The predicted molar refractivity (Wildman–Crippen MR) is 40.6 cm³/mol. The first kappa shape index (κ1) is 8.06. The molecule has 1 rings (SSSR count). The molecule has 0 radical (unpaired) electrons. The zero-order valence-corrected chi connectivity index (χ0v) is 6.47. The average Bonchev–Trinajstić information content (AvgIpc) is 2.07. The Balaban J connectivity index is 2.58. The van der Waals surface area contributed by atoms with Gasteiger partial charge in [0.05, 0.1) is 6.07 Å². The summed E-state index contributed by atoms with van der Waals surface area (Å²) in [6, 6.07) is 2.18. The molecule has 3 nitrogen and oxygen atoms in total. The van der Waals surface area contributed by atoms with Gasteiger partial charge in [0.15, 0.2) is 0 Å². The van der Waals surface area contributed by atoms with Crippen molar-refractivity contribution in [1.82, 2.24) is 5.32 Å². The molecule has 1 fully saturated rings. The molecular weight excluding hydrogens is 140 g/mol. The molecule has 0 bridgehead atoms. The molecule has 0 aliphatic heterocycles. The van der Waals surface area contributed by atoms with E-state index in [9.17, 15) is 4.79 Å². The Labute approximate surface area is 66.4 Å². The Morgan fingerprint density at radius 2 is 2.00 bits per heavy atom. The van der Waals surface area contributed by atoms with Crippen molar-refractivity contribution in [2.24, 2.45) is 0 Å². The van der Waals surface area contributed by atoms with E-state index in [1.54, 1.807) is 0 Å². The van der Waals surface area contributed by atoms with Crippen LogP contribution in [0.2, 0.25) is 0 Å². The Morgan fingerprint density at radius 1 is 1.36 bits per heavy atom. The predicted octanol–water partition coefficient (Wildman–Crippen LogP) is 0.959. The lowest BCUT2D eigenvalue weighted by atomic mass is 9.83. The lowest BCUT2D eigenvalue weighted by Gasteiger charge is -2.29. The number of hydrogen-bond donors (Lipinski definition) is 1. The van der Waals surface area contributed by atoms with Crippen molar-refractivity contribution in [3.63, 3.8) is 0 Å². The van der Waals surface area contributed by atoms with Gasteiger partial charge in [-0.1, -0.05) is 19.3 Å². The molecule has 0 heterocycles. The van der Waals surface area contributed by atoms with Gasteiger partial charge in [-0.15, -0.1) is 0 Å². The highest BCUT2D eigenvalue weighted by Gasteiger charge is 2.30. The van der Waals surface area contributed by atoms with Crippen LogP contribution in [0.25, 0.3) is 0 Å². The maximum absolute atomic E-state index is 10.2. The van der Waals surface area contributed by atoms with Crippen LogP contribution in [0.4, 0.5) is 0 Å². The minimum atomic E-state index is -0.542. The highest BCUT2D eigenvalue weighted by Crippen LogP contribution is 2.26. The van der Waals surface area contributed by atoms with Gasteiger partial charge in [-0.2, -0.15) is 5.26 Å². The quantitative estimate of drug-likeness (QED) is 0.599. The molecule has 1 aliphatic carbocycles. The molecule has 0 spiro atoms. The average molecular weight is 152 g/mol. The molecule has 60 valence electrons. The molecule has 0 unspecified atom stereocenters. The van der Waals surface area contributed by atoms with Crippen LogP contribution in [0.15, 0.2) is 0 Å². The summed E-state index contributed by atoms with van der Waals surface area (Å²) in [5.41, 5.74) is -0.542. The third-order valence-electron chi connectivity index (χ3n) is 2.26. The highest BCUT2D eigenvalue weighted by molar-refractivity contribution is 5.49. The van der Waals surface area contributed by atoms with Gasteiger partial charge in [0, 0.05) is 0 Å². The number of carbonyl (C=O) groups is 1. The zero-order chi connectivity index (χ0) is 8.16. The van der Waals surface area contributed by atoms with Crippen molar-refractivity contribution >= 4 is 6.41 Å². The second kappa shape index (κ2) is 3.38. The first-order valence-corrected chi connectivity index (χ1v) is 3.96. The van der Waals surface area contributed by atoms with Crippen molar-refractivity contribution in [2.75, 3.05) is 0 Å². The van der Waals surface area contributed by atoms with E-state index in [0.717, 1.165) is 25.7 Å². The summed E-state index contributed by atoms with van der Waals surface area (Å²) in [6.45, 7) is 0. The van der Waals surface area contributed by atoms with Crippen molar-refractivity contribution in [1.29, 1.82) is 5.26 Å². The molecule has 1 N–H and O–H groups in total. The Hall–Kier alpha value is -1.04. The lowest BCUT2D eigenvalue weighted by molar-refractivity contribution is -0.111. The van der Waals surface area contributed by atoms with Crippen molar-refractivity contribution in [3.05, 3.63) is 0 Å². The molecule has 0 atom stereocenters. The van der Waals surface area contributed by atoms with E-state index in [-0.39, 0.29) is 0 Å². The Morgan fingerprint density at radius 3 is 2.45 bits per heavy atom. The van der Waals surface area contributed by atoms with Gasteiger partial charge in [0.2, 0.25) is 6.41 Å². The second-order valence-corrected chi connectivity index (χ2v) is 3.02. The standard InChI is InChI=1S/C8H12N2O/c9-6-8(10-7-11)4-2-1-3-5-8/h7H,1-5H2,(H,10,11). The van der Waals surface area contributed by atoms with E-state index in [4.69, 9.17) is 5.26 Å². The van der Waals surface area contributed by atoms with Crippen molar-refractivity contribution in [3.8, 4) is 6.07 Å². The summed E-state index contributed by atoms with van der Waals surface area (Å²) in [6.07, 6.45) is 5.53. The third kappa shape index (κ3) is 1.70. The van der Waals surface area contributed by atoms with Crippen LogP contribution in [0, 0.1) is 11.3 Å². The molecular formula is C8H12N2O. The first-order valence-electron chi connectivity index (χ1n) is 3.96. The van der Waals surface area contributed by atoms with Gasteiger partial charge >= 0.3 is 0 Å². The largest absolute Gasteiger partial charge is 0.340 e. The molecule has 1 amide bonds. The molecule has 0 saturated heterocycles. The summed E-state index contributed by atoms with van der Waals surface area (Å²) in [7, 11) is 0. The van der Waals surface area contributed by atoms with Crippen LogP contribution >= 0.6 is 0 Å². The van der Waals surface area contributed by atoms with Crippen molar-refractivity contribution < 1.29 is 4.79 Å². The van der Waals surface area contributed by atoms with Gasteiger partial charge in [0.1, 0.15) is 5.54 Å². The molecule has 0 aromatic carbocycles. The number of amides is 1. The van der Waals surface area contributed by atoms with Gasteiger partial charge in [-0.3, -0.25) is 4.79 Å². The summed E-state index contributed by atoms with van der Waals surface area (Å²) in [5, 5.41) is 11.4. The van der Waals surface area contributed by atoms with Crippen LogP contribution in [0.5, 0.6) is 0 Å². The summed E-state index contributed by atoms with van der Waals surface area (Å²) in [5.74, 6) is 0. The number of nitrogens with one attached hydrogen (secondary N) is 1. The molecule has 0 aromatic rings. The molecule has 0 aromatic heterocycles. The van der Waals surface area contributed by atoms with Crippen LogP contribution in [0.3, 0.4) is 0 Å². The van der Waals surface area contributed by atoms with Crippen LogP contribution in [-0.2, 0) is 4.79 Å². The monoisotopic (exact) mass is 152 g/mol. The van der Waals surface area contributed by atoms with Crippen molar-refractivity contribution in [2.45, 2.75) is 37.6 Å². The van der Waals surface area contributed by atoms with E-state index in [0.29, 0.717) is 6.41 Å². The first-order chi connectivity index (χ1) is 5.33. The van der Waals surface area contributed by atoms with E-state index in [2.05, 4.69) is 11.4 Å². The third-order valence-corrected chi connectivity index (χ3v) is 2.26. The number of rotatable bonds is 2. The molecule has 1 aliphatic rings. The smallest absolute Gasteiger partial charge is 0.208 e. The van der Waals surface area contributed by atoms with E-state index in [1.165, 1.54) is 6.42 Å². The van der Waals surface area contributed by atoms with Crippen LogP contribution in [0.1, 0.15) is 32.1 Å². The molecule has 3 heteroatoms. The van der Waals surface area contributed by atoms with Gasteiger partial charge in [-0.05, 0) is 12.8 Å². The number of nitriles is 1. The minimum absolute atomic E-state index is 0.542. The molecule has 11 heavy (non-hydrogen) atoms. The SMILES string of the molecule is N#CC1(NC=O)CCCCC1. The van der Waals surface area contributed by atoms with Crippen LogP contribution in [-0.4, -0.2) is 11.9 Å². The summed E-state index contributed by atoms with van der Waals surface area (Å²) >= 11 is 0. The lowest BCUT2D eigenvalue weighted by Crippen LogP contribution is -2.44. The minimum Gasteiger partial charge on any atom is -0.340 e. The maximum atomic E-state index is 10.2. The fourth-order valence-corrected chi connectivity index (χ4v) is 1.56. The molecule has 1 saturated carbocycles. The number of hydrogen-bond acceptors (Lipinski definition) is 2. The highest BCUT2D eigenvalue weighted by atomic mass is 16.1. The van der Waals surface area contributed by atoms with Gasteiger partial charge in [0.25, 0.3) is 0 Å². The second-order valence-electron chi connectivity index (χ2n) is 3.02. The fourth-order valence-electron chi connectivity index (χ4n) is 1.56. The Kier molecular flexibility index (Phi) is 2.48. The normalized spacial score (nSPS) is 21.7. The summed E-state index contributed by atoms with van der Waals surface area (Å²) in [4.78, 5) is 10.2. The maximum Gasteiger partial charge on any atom is 0.208 e. The van der Waals surface area contributed by atoms with Crippen LogP contribution < -0.4 is 5.32 Å². The van der Waals surface area contributed by atoms with Gasteiger partial charge in [-0.25, -0.2) is 0 Å². The topological polar surface area (TPSA) is 52.9 Å². The van der Waals surface area contributed by atoms with E-state index >= 15 is 0 Å². The summed E-state index contributed by atoms with van der Waals surface area (Å²) < 4.78 is 0. The fraction of sp³-hybridized carbons (Fsp3) is 0.750. The number of carbonyl (C=O) groups excluding carboxylic acids is 1. The van der Waals surface area contributed by atoms with E-state index in [1.807, 2.05) is 0 Å². The Bertz CT molecular complexity index is 177.